The van der Waals surface area contributed by atoms with Gasteiger partial charge in [0.25, 0.3) is 11.8 Å². The second-order valence-corrected chi connectivity index (χ2v) is 7.95. The van der Waals surface area contributed by atoms with Crippen molar-refractivity contribution in [1.82, 2.24) is 20.9 Å². The second kappa shape index (κ2) is 5.71. The summed E-state index contributed by atoms with van der Waals surface area (Å²) in [6.45, 7) is 1.59. The number of nitrogens with zero attached hydrogens (tertiary/aromatic N) is 1. The summed E-state index contributed by atoms with van der Waals surface area (Å²) in [5.41, 5.74) is 1.74. The van der Waals surface area contributed by atoms with Crippen LogP contribution in [0.2, 0.25) is 0 Å². The Morgan fingerprint density at radius 3 is 2.59 bits per heavy atom. The van der Waals surface area contributed by atoms with Gasteiger partial charge in [0, 0.05) is 31.1 Å². The van der Waals surface area contributed by atoms with Gasteiger partial charge in [-0.15, -0.1) is 0 Å². The van der Waals surface area contributed by atoms with Gasteiger partial charge in [0.05, 0.1) is 11.1 Å². The summed E-state index contributed by atoms with van der Waals surface area (Å²) in [5.74, 6) is -1.89. The highest BCUT2D eigenvalue weighted by Gasteiger charge is 2.50. The maximum atomic E-state index is 12.8. The standard InChI is InChI=1S/C19H20N4O4/c24-15-4-3-14(16(25)22-15)23-17(26)12-2-1-10(5-13(12)18(23)27)8-21-19-6-11(7-19)20-9-19/h1-2,5,11,14,20-21H,3-4,6-9H2,(H,22,24,25). The van der Waals surface area contributed by atoms with E-state index in [1.54, 1.807) is 12.1 Å². The number of fused-ring (bicyclic) bond motifs is 2. The third kappa shape index (κ3) is 2.51. The number of imide groups is 2. The molecule has 1 saturated carbocycles. The molecular formula is C19H20N4O4. The molecule has 1 unspecified atom stereocenters. The van der Waals surface area contributed by atoms with Crippen molar-refractivity contribution in [1.29, 1.82) is 0 Å². The number of hydrogen-bond donors (Lipinski definition) is 3. The molecule has 0 aromatic heterocycles. The van der Waals surface area contributed by atoms with Crippen LogP contribution in [0.15, 0.2) is 18.2 Å². The Labute approximate surface area is 155 Å². The number of hydrogen-bond acceptors (Lipinski definition) is 6. The van der Waals surface area contributed by atoms with Gasteiger partial charge >= 0.3 is 0 Å². The van der Waals surface area contributed by atoms with Crippen molar-refractivity contribution in [2.45, 2.75) is 49.9 Å². The molecule has 4 heterocycles. The lowest BCUT2D eigenvalue weighted by Gasteiger charge is -2.38. The first kappa shape index (κ1) is 16.6. The van der Waals surface area contributed by atoms with Crippen LogP contribution in [0.4, 0.5) is 0 Å². The topological polar surface area (TPSA) is 108 Å². The van der Waals surface area contributed by atoms with Gasteiger partial charge in [-0.1, -0.05) is 6.07 Å². The average Bonchev–Trinajstić information content (AvgIpc) is 3.28. The van der Waals surface area contributed by atoms with Gasteiger partial charge in [-0.05, 0) is 37.0 Å². The molecule has 1 aliphatic carbocycles. The number of carbonyl (C=O) groups is 4. The molecule has 1 atom stereocenters. The molecule has 4 amide bonds. The number of rotatable bonds is 4. The van der Waals surface area contributed by atoms with Gasteiger partial charge in [-0.2, -0.15) is 0 Å². The molecule has 4 aliphatic heterocycles. The summed E-state index contributed by atoms with van der Waals surface area (Å²) >= 11 is 0. The molecule has 3 saturated heterocycles. The van der Waals surface area contributed by atoms with Crippen LogP contribution in [0.25, 0.3) is 0 Å². The summed E-state index contributed by atoms with van der Waals surface area (Å²) in [5, 5.41) is 9.22. The Morgan fingerprint density at radius 2 is 1.89 bits per heavy atom. The minimum Gasteiger partial charge on any atom is -0.312 e. The third-order valence-corrected chi connectivity index (χ3v) is 6.18. The van der Waals surface area contributed by atoms with Crippen LogP contribution >= 0.6 is 0 Å². The summed E-state index contributed by atoms with van der Waals surface area (Å²) in [6, 6.07) is 4.95. The lowest BCUT2D eigenvalue weighted by molar-refractivity contribution is -0.136. The van der Waals surface area contributed by atoms with Crippen LogP contribution in [0.5, 0.6) is 0 Å². The van der Waals surface area contributed by atoms with E-state index in [2.05, 4.69) is 16.0 Å². The number of benzene rings is 1. The van der Waals surface area contributed by atoms with E-state index in [0.29, 0.717) is 23.7 Å². The fourth-order valence-electron chi connectivity index (χ4n) is 4.64. The van der Waals surface area contributed by atoms with Gasteiger partial charge in [0.1, 0.15) is 6.04 Å². The van der Waals surface area contributed by atoms with Gasteiger partial charge < -0.3 is 10.6 Å². The smallest absolute Gasteiger partial charge is 0.262 e. The van der Waals surface area contributed by atoms with Crippen molar-refractivity contribution in [2.24, 2.45) is 0 Å². The molecule has 3 N–H and O–H groups in total. The fraction of sp³-hybridized carbons (Fsp3) is 0.474. The SMILES string of the molecule is O=C1CCC(N2C(=O)c3ccc(CNC45CNC(C4)C5)cc3C2=O)C(=O)N1. The molecule has 27 heavy (non-hydrogen) atoms. The molecule has 1 aromatic carbocycles. The Hall–Kier alpha value is -2.58. The van der Waals surface area contributed by atoms with Crippen LogP contribution in [-0.4, -0.2) is 52.7 Å². The first-order chi connectivity index (χ1) is 13.0. The normalized spacial score (nSPS) is 31.8. The van der Waals surface area contributed by atoms with E-state index >= 15 is 0 Å². The molecule has 140 valence electrons. The van der Waals surface area contributed by atoms with Crippen molar-refractivity contribution in [3.8, 4) is 0 Å². The molecule has 5 aliphatic rings. The highest BCUT2D eigenvalue weighted by atomic mass is 16.2. The molecule has 4 fully saturated rings. The molecule has 0 radical (unpaired) electrons. The zero-order valence-electron chi connectivity index (χ0n) is 14.7. The maximum absolute atomic E-state index is 12.8. The molecule has 6 rings (SSSR count). The predicted molar refractivity (Wildman–Crippen MR) is 93.7 cm³/mol. The Bertz CT molecular complexity index is 884. The van der Waals surface area contributed by atoms with E-state index in [-0.39, 0.29) is 24.3 Å². The third-order valence-electron chi connectivity index (χ3n) is 6.18. The van der Waals surface area contributed by atoms with Crippen molar-refractivity contribution in [2.75, 3.05) is 6.54 Å². The summed E-state index contributed by atoms with van der Waals surface area (Å²) < 4.78 is 0. The first-order valence-corrected chi connectivity index (χ1v) is 9.29. The van der Waals surface area contributed by atoms with E-state index in [1.165, 1.54) is 0 Å². The molecular weight excluding hydrogens is 348 g/mol. The minimum atomic E-state index is -0.924. The Kier molecular flexibility index (Phi) is 3.50. The van der Waals surface area contributed by atoms with E-state index in [4.69, 9.17) is 0 Å². The van der Waals surface area contributed by atoms with Crippen LogP contribution in [-0.2, 0) is 16.1 Å². The van der Waals surface area contributed by atoms with Gasteiger partial charge in [-0.25, -0.2) is 0 Å². The van der Waals surface area contributed by atoms with E-state index in [0.717, 1.165) is 29.8 Å². The molecule has 8 nitrogen and oxygen atoms in total. The summed E-state index contributed by atoms with van der Waals surface area (Å²) in [6.07, 6.45) is 2.54. The highest BCUT2D eigenvalue weighted by Crippen LogP contribution is 2.38. The molecule has 2 bridgehead atoms. The fourth-order valence-corrected chi connectivity index (χ4v) is 4.64. The summed E-state index contributed by atoms with van der Waals surface area (Å²) in [7, 11) is 0. The second-order valence-electron chi connectivity index (χ2n) is 7.95. The van der Waals surface area contributed by atoms with Crippen molar-refractivity contribution < 1.29 is 19.2 Å². The Balaban J connectivity index is 1.35. The number of carbonyl (C=O) groups excluding carboxylic acids is 4. The van der Waals surface area contributed by atoms with Crippen LogP contribution in [0, 0.1) is 0 Å². The van der Waals surface area contributed by atoms with Gasteiger partial charge in [0.15, 0.2) is 0 Å². The van der Waals surface area contributed by atoms with Crippen molar-refractivity contribution in [3.63, 3.8) is 0 Å². The molecule has 0 spiro atoms. The number of nitrogens with one attached hydrogen (secondary N) is 3. The number of piperidine rings is 1. The summed E-state index contributed by atoms with van der Waals surface area (Å²) in [4.78, 5) is 49.9. The van der Waals surface area contributed by atoms with Gasteiger partial charge in [0.2, 0.25) is 11.8 Å². The van der Waals surface area contributed by atoms with Crippen LogP contribution in [0.3, 0.4) is 0 Å². The van der Waals surface area contributed by atoms with Crippen molar-refractivity contribution in [3.05, 3.63) is 34.9 Å². The molecule has 8 heteroatoms. The number of amides is 4. The minimum absolute atomic E-state index is 0.121. The zero-order valence-corrected chi connectivity index (χ0v) is 14.7. The molecule has 1 aromatic rings. The van der Waals surface area contributed by atoms with Gasteiger partial charge in [-0.3, -0.25) is 29.4 Å². The first-order valence-electron chi connectivity index (χ1n) is 9.29. The highest BCUT2D eigenvalue weighted by molar-refractivity contribution is 6.23. The lowest BCUT2D eigenvalue weighted by atomic mass is 9.78. The lowest BCUT2D eigenvalue weighted by Crippen LogP contribution is -2.54. The van der Waals surface area contributed by atoms with E-state index in [1.807, 2.05) is 6.07 Å². The zero-order chi connectivity index (χ0) is 18.8. The van der Waals surface area contributed by atoms with Crippen molar-refractivity contribution >= 4 is 23.6 Å². The largest absolute Gasteiger partial charge is 0.312 e. The van der Waals surface area contributed by atoms with Crippen LogP contribution < -0.4 is 16.0 Å². The monoisotopic (exact) mass is 368 g/mol. The maximum Gasteiger partial charge on any atom is 0.262 e. The predicted octanol–water partition coefficient (Wildman–Crippen LogP) is -0.318. The van der Waals surface area contributed by atoms with E-state index < -0.39 is 23.8 Å². The average molecular weight is 368 g/mol. The quantitative estimate of drug-likeness (QED) is 0.629. The Morgan fingerprint density at radius 1 is 1.11 bits per heavy atom. The van der Waals surface area contributed by atoms with E-state index in [9.17, 15) is 19.2 Å². The van der Waals surface area contributed by atoms with Crippen LogP contribution in [0.1, 0.15) is 52.0 Å².